The highest BCUT2D eigenvalue weighted by Gasteiger charge is 2.83. The standard InChI is InChI=1S/C13HF15O3/c14-2-1(9(29)30)3(15)6(5(17)4(2)16)31-8(19)7(18)10(20,21)11(22,23)12(24,25)13(26,27)28/h(H,29,30). The number of benzene rings is 1. The van der Waals surface area contributed by atoms with Gasteiger partial charge < -0.3 is 9.84 Å². The fraction of sp³-hybridized carbons (Fsp3) is 0.308. The lowest BCUT2D eigenvalue weighted by atomic mass is 10.0. The lowest BCUT2D eigenvalue weighted by molar-refractivity contribution is -0.392. The van der Waals surface area contributed by atoms with E-state index in [4.69, 9.17) is 5.11 Å². The van der Waals surface area contributed by atoms with Crippen LogP contribution in [0.2, 0.25) is 0 Å². The minimum absolute atomic E-state index is 2.50. The van der Waals surface area contributed by atoms with Gasteiger partial charge in [0, 0.05) is 0 Å². The summed E-state index contributed by atoms with van der Waals surface area (Å²) in [5.41, 5.74) is -2.50. The van der Waals surface area contributed by atoms with Crippen molar-refractivity contribution in [3.8, 4) is 5.75 Å². The number of hydrogen-bond acceptors (Lipinski definition) is 2. The Kier molecular flexibility index (Phi) is 6.51. The second-order valence-corrected chi connectivity index (χ2v) is 5.18. The van der Waals surface area contributed by atoms with Crippen LogP contribution in [-0.2, 0) is 0 Å². The van der Waals surface area contributed by atoms with E-state index in [2.05, 4.69) is 4.74 Å². The van der Waals surface area contributed by atoms with E-state index in [9.17, 15) is 70.7 Å². The molecule has 0 aromatic heterocycles. The van der Waals surface area contributed by atoms with Gasteiger partial charge in [-0.15, -0.1) is 0 Å². The molecule has 0 unspecified atom stereocenters. The minimum Gasteiger partial charge on any atom is -0.477 e. The first-order valence-electron chi connectivity index (χ1n) is 6.67. The molecular formula is C13HF15O3. The van der Waals surface area contributed by atoms with Gasteiger partial charge in [-0.2, -0.15) is 52.7 Å². The maximum atomic E-state index is 13.7. The van der Waals surface area contributed by atoms with Gasteiger partial charge in [0.15, 0.2) is 17.5 Å². The molecule has 0 amide bonds. The highest BCUT2D eigenvalue weighted by molar-refractivity contribution is 5.89. The summed E-state index contributed by atoms with van der Waals surface area (Å²) in [6.45, 7) is 0. The first-order chi connectivity index (χ1) is 13.6. The zero-order valence-electron chi connectivity index (χ0n) is 13.4. The number of allylic oxidation sites excluding steroid dienone is 1. The Morgan fingerprint density at radius 2 is 1.16 bits per heavy atom. The van der Waals surface area contributed by atoms with Crippen molar-refractivity contribution in [2.75, 3.05) is 0 Å². The Bertz CT molecular complexity index is 931. The Morgan fingerprint density at radius 1 is 0.710 bits per heavy atom. The van der Waals surface area contributed by atoms with Crippen molar-refractivity contribution in [1.29, 1.82) is 0 Å². The van der Waals surface area contributed by atoms with Gasteiger partial charge in [0.1, 0.15) is 5.56 Å². The van der Waals surface area contributed by atoms with Gasteiger partial charge in [-0.25, -0.2) is 18.0 Å². The van der Waals surface area contributed by atoms with Crippen LogP contribution in [0.5, 0.6) is 5.75 Å². The molecule has 0 atom stereocenters. The Hall–Kier alpha value is -2.82. The molecular weight excluding hydrogens is 489 g/mol. The number of rotatable bonds is 6. The average molecular weight is 490 g/mol. The summed E-state index contributed by atoms with van der Waals surface area (Å²) < 4.78 is 196. The molecule has 0 aliphatic carbocycles. The third-order valence-corrected chi connectivity index (χ3v) is 3.22. The first kappa shape index (κ1) is 26.2. The summed E-state index contributed by atoms with van der Waals surface area (Å²) in [7, 11) is 0. The van der Waals surface area contributed by atoms with Crippen molar-refractivity contribution >= 4 is 5.97 Å². The maximum Gasteiger partial charge on any atom is 0.460 e. The van der Waals surface area contributed by atoms with Gasteiger partial charge in [-0.3, -0.25) is 0 Å². The zero-order valence-corrected chi connectivity index (χ0v) is 13.4. The minimum atomic E-state index is -7.76. The van der Waals surface area contributed by atoms with Crippen molar-refractivity contribution in [2.24, 2.45) is 0 Å². The van der Waals surface area contributed by atoms with E-state index in [1.54, 1.807) is 0 Å². The van der Waals surface area contributed by atoms with Crippen LogP contribution in [0.25, 0.3) is 0 Å². The fourth-order valence-electron chi connectivity index (χ4n) is 1.66. The summed E-state index contributed by atoms with van der Waals surface area (Å²) >= 11 is 0. The van der Waals surface area contributed by atoms with Gasteiger partial charge in [0.05, 0.1) is 0 Å². The molecule has 0 bridgehead atoms. The second-order valence-electron chi connectivity index (χ2n) is 5.18. The number of carbonyl (C=O) groups is 1. The van der Waals surface area contributed by atoms with E-state index in [1.807, 2.05) is 0 Å². The van der Waals surface area contributed by atoms with E-state index in [1.165, 1.54) is 0 Å². The summed E-state index contributed by atoms with van der Waals surface area (Å²) in [5, 5.41) is 8.42. The number of alkyl halides is 9. The summed E-state index contributed by atoms with van der Waals surface area (Å²) in [4.78, 5) is 10.6. The monoisotopic (exact) mass is 490 g/mol. The van der Waals surface area contributed by atoms with Crippen molar-refractivity contribution in [3.63, 3.8) is 0 Å². The maximum absolute atomic E-state index is 13.7. The number of ether oxygens (including phenoxy) is 1. The molecule has 3 nitrogen and oxygen atoms in total. The number of aromatic carboxylic acids is 1. The highest BCUT2D eigenvalue weighted by Crippen LogP contribution is 2.55. The van der Waals surface area contributed by atoms with Gasteiger partial charge in [0.25, 0.3) is 0 Å². The third-order valence-electron chi connectivity index (χ3n) is 3.22. The van der Waals surface area contributed by atoms with E-state index in [-0.39, 0.29) is 0 Å². The first-order valence-corrected chi connectivity index (χ1v) is 6.67. The van der Waals surface area contributed by atoms with Crippen LogP contribution in [-0.4, -0.2) is 35.0 Å². The summed E-state index contributed by atoms with van der Waals surface area (Å²) in [6, 6.07) is -4.03. The van der Waals surface area contributed by atoms with Crippen LogP contribution >= 0.6 is 0 Å². The van der Waals surface area contributed by atoms with Crippen molar-refractivity contribution < 1.29 is 80.5 Å². The van der Waals surface area contributed by atoms with Crippen molar-refractivity contribution in [2.45, 2.75) is 23.9 Å². The van der Waals surface area contributed by atoms with Crippen LogP contribution in [0, 0.1) is 23.3 Å². The van der Waals surface area contributed by atoms with Crippen LogP contribution in [0.15, 0.2) is 11.8 Å². The number of halogens is 15. The van der Waals surface area contributed by atoms with Gasteiger partial charge in [-0.05, 0) is 0 Å². The van der Waals surface area contributed by atoms with Gasteiger partial charge in [-0.1, -0.05) is 0 Å². The van der Waals surface area contributed by atoms with Crippen LogP contribution in [0.1, 0.15) is 10.4 Å². The fourth-order valence-corrected chi connectivity index (χ4v) is 1.66. The molecule has 1 aromatic rings. The van der Waals surface area contributed by atoms with Crippen LogP contribution in [0.3, 0.4) is 0 Å². The van der Waals surface area contributed by atoms with Crippen LogP contribution < -0.4 is 4.74 Å². The van der Waals surface area contributed by atoms with E-state index in [0.717, 1.165) is 0 Å². The molecule has 1 aromatic carbocycles. The van der Waals surface area contributed by atoms with Crippen molar-refractivity contribution in [3.05, 3.63) is 40.7 Å². The van der Waals surface area contributed by atoms with Gasteiger partial charge in [0.2, 0.25) is 17.4 Å². The Labute approximate surface area is 158 Å². The predicted molar refractivity (Wildman–Crippen MR) is 64.0 cm³/mol. The normalized spacial score (nSPS) is 14.4. The predicted octanol–water partition coefficient (Wildman–Crippen LogP) is 5.90. The van der Waals surface area contributed by atoms with Crippen molar-refractivity contribution in [1.82, 2.24) is 0 Å². The molecule has 1 rings (SSSR count). The molecule has 0 aliphatic heterocycles. The van der Waals surface area contributed by atoms with E-state index in [0.29, 0.717) is 0 Å². The summed E-state index contributed by atoms with van der Waals surface area (Å²) in [5.74, 6) is -45.0. The molecule has 176 valence electrons. The highest BCUT2D eigenvalue weighted by atomic mass is 19.4. The Morgan fingerprint density at radius 3 is 1.55 bits per heavy atom. The summed E-state index contributed by atoms with van der Waals surface area (Å²) in [6.07, 6.45) is -7.44. The number of carboxylic acids is 1. The molecule has 0 aliphatic rings. The third kappa shape index (κ3) is 3.93. The molecule has 18 heteroatoms. The lowest BCUT2D eigenvalue weighted by Crippen LogP contribution is -2.61. The van der Waals surface area contributed by atoms with E-state index < -0.39 is 76.3 Å². The topological polar surface area (TPSA) is 46.5 Å². The number of carboxylic acid groups (broad SMARTS) is 1. The molecule has 0 saturated heterocycles. The molecule has 1 N–H and O–H groups in total. The van der Waals surface area contributed by atoms with Gasteiger partial charge >= 0.3 is 35.9 Å². The number of hydrogen-bond donors (Lipinski definition) is 1. The molecule has 31 heavy (non-hydrogen) atoms. The zero-order chi connectivity index (χ0) is 24.9. The molecule has 0 radical (unpaired) electrons. The van der Waals surface area contributed by atoms with Crippen LogP contribution in [0.4, 0.5) is 65.9 Å². The smallest absolute Gasteiger partial charge is 0.460 e. The SMILES string of the molecule is O=C(O)c1c(F)c(F)c(F)c(OC(F)=C(F)C(F)(F)C(F)(F)C(F)(F)C(F)(F)F)c1F. The molecule has 0 heterocycles. The molecule has 0 saturated carbocycles. The molecule has 0 spiro atoms. The lowest BCUT2D eigenvalue weighted by Gasteiger charge is -2.32. The molecule has 0 fully saturated rings. The second kappa shape index (κ2) is 7.70. The Balaban J connectivity index is 3.65. The largest absolute Gasteiger partial charge is 0.477 e. The quantitative estimate of drug-likeness (QED) is 0.234. The average Bonchev–Trinajstić information content (AvgIpc) is 2.61. The van der Waals surface area contributed by atoms with E-state index >= 15 is 0 Å².